The van der Waals surface area contributed by atoms with Gasteiger partial charge in [0, 0.05) is 49.0 Å². The number of hydrogen-bond donors (Lipinski definition) is 1. The van der Waals surface area contributed by atoms with Gasteiger partial charge in [-0.05, 0) is 74.0 Å². The van der Waals surface area contributed by atoms with Crippen LogP contribution in [0.3, 0.4) is 0 Å². The molecule has 0 bridgehead atoms. The maximum Gasteiger partial charge on any atom is 0.338 e. The summed E-state index contributed by atoms with van der Waals surface area (Å²) in [6.07, 6.45) is 1.65. The Hall–Kier alpha value is -4.99. The largest absolute Gasteiger partial charge is 0.462 e. The van der Waals surface area contributed by atoms with Crippen LogP contribution in [-0.4, -0.2) is 41.2 Å². The van der Waals surface area contributed by atoms with E-state index in [1.165, 1.54) is 16.7 Å². The molecule has 10 heteroatoms. The number of esters is 1. The molecule has 0 radical (unpaired) electrons. The van der Waals surface area contributed by atoms with Crippen LogP contribution in [-0.2, 0) is 11.8 Å². The second-order valence-electron chi connectivity index (χ2n) is 9.33. The Labute approximate surface area is 230 Å². The van der Waals surface area contributed by atoms with Crippen molar-refractivity contribution in [2.24, 2.45) is 7.05 Å². The highest BCUT2D eigenvalue weighted by atomic mass is 19.1. The van der Waals surface area contributed by atoms with E-state index in [9.17, 15) is 18.8 Å². The molecule has 0 atom stereocenters. The van der Waals surface area contributed by atoms with E-state index in [2.05, 4.69) is 10.3 Å². The predicted octanol–water partition coefficient (Wildman–Crippen LogP) is 5.26. The molecule has 1 aromatic heterocycles. The number of carbonyl (C=O) groups excluding carboxylic acids is 2. The van der Waals surface area contributed by atoms with Gasteiger partial charge in [-0.25, -0.2) is 19.0 Å². The summed E-state index contributed by atoms with van der Waals surface area (Å²) < 4.78 is 19.8. The first-order valence-corrected chi connectivity index (χ1v) is 12.8. The van der Waals surface area contributed by atoms with Gasteiger partial charge in [-0.2, -0.15) is 0 Å². The van der Waals surface area contributed by atoms with E-state index in [4.69, 9.17) is 4.74 Å². The highest BCUT2D eigenvalue weighted by Crippen LogP contribution is 2.33. The van der Waals surface area contributed by atoms with E-state index in [0.717, 1.165) is 16.8 Å². The molecule has 0 unspecified atom stereocenters. The summed E-state index contributed by atoms with van der Waals surface area (Å²) in [4.78, 5) is 46.1. The summed E-state index contributed by atoms with van der Waals surface area (Å²) in [5, 5.41) is 3.05. The number of ether oxygens (including phenoxy) is 1. The Balaban J connectivity index is 1.43. The molecule has 0 saturated carbocycles. The van der Waals surface area contributed by atoms with Crippen LogP contribution in [0.15, 0.2) is 77.7 Å². The van der Waals surface area contributed by atoms with Crippen molar-refractivity contribution in [3.63, 3.8) is 0 Å². The number of halogens is 1. The fourth-order valence-corrected chi connectivity index (χ4v) is 4.67. The molecule has 0 aliphatic carbocycles. The van der Waals surface area contributed by atoms with Crippen molar-refractivity contribution < 1.29 is 18.7 Å². The third-order valence-corrected chi connectivity index (χ3v) is 6.75. The Kier molecular flexibility index (Phi) is 7.33. The van der Waals surface area contributed by atoms with Crippen molar-refractivity contribution in [2.75, 3.05) is 34.8 Å². The number of carbonyl (C=O) groups is 2. The molecular weight excluding hydrogens is 513 g/mol. The zero-order valence-electron chi connectivity index (χ0n) is 22.3. The van der Waals surface area contributed by atoms with Gasteiger partial charge in [0.2, 0.25) is 0 Å². The van der Waals surface area contributed by atoms with E-state index < -0.39 is 5.97 Å². The van der Waals surface area contributed by atoms with Gasteiger partial charge in [0.05, 0.1) is 17.9 Å². The van der Waals surface area contributed by atoms with Crippen molar-refractivity contribution in [1.82, 2.24) is 9.55 Å². The van der Waals surface area contributed by atoms with Gasteiger partial charge in [0.15, 0.2) is 5.82 Å². The fourth-order valence-electron chi connectivity index (χ4n) is 4.67. The smallest absolute Gasteiger partial charge is 0.338 e. The maximum atomic E-state index is 13.4. The molecule has 5 rings (SSSR count). The van der Waals surface area contributed by atoms with Gasteiger partial charge >= 0.3 is 12.0 Å². The lowest BCUT2D eigenvalue weighted by molar-refractivity contribution is 0.0526. The zero-order chi connectivity index (χ0) is 28.4. The van der Waals surface area contributed by atoms with Crippen LogP contribution >= 0.6 is 0 Å². The van der Waals surface area contributed by atoms with E-state index in [-0.39, 0.29) is 29.8 Å². The van der Waals surface area contributed by atoms with Gasteiger partial charge in [0.25, 0.3) is 5.56 Å². The van der Waals surface area contributed by atoms with E-state index in [0.29, 0.717) is 35.7 Å². The van der Waals surface area contributed by atoms with Crippen molar-refractivity contribution >= 4 is 34.9 Å². The summed E-state index contributed by atoms with van der Waals surface area (Å²) >= 11 is 0. The molecule has 1 saturated heterocycles. The summed E-state index contributed by atoms with van der Waals surface area (Å²) in [6, 6.07) is 17.9. The van der Waals surface area contributed by atoms with Gasteiger partial charge in [-0.3, -0.25) is 14.6 Å². The number of rotatable bonds is 7. The van der Waals surface area contributed by atoms with Crippen LogP contribution in [0.5, 0.6) is 0 Å². The molecule has 1 aliphatic heterocycles. The predicted molar refractivity (Wildman–Crippen MR) is 152 cm³/mol. The van der Waals surface area contributed by atoms with E-state index in [1.807, 2.05) is 25.1 Å². The van der Waals surface area contributed by atoms with Crippen molar-refractivity contribution in [2.45, 2.75) is 13.8 Å². The highest BCUT2D eigenvalue weighted by molar-refractivity contribution is 6.07. The van der Waals surface area contributed by atoms with Crippen molar-refractivity contribution in [3.05, 3.63) is 100 Å². The van der Waals surface area contributed by atoms with E-state index in [1.54, 1.807) is 66.4 Å². The zero-order valence-corrected chi connectivity index (χ0v) is 22.3. The molecule has 3 aromatic carbocycles. The van der Waals surface area contributed by atoms with Crippen LogP contribution < -0.4 is 20.7 Å². The standard InChI is InChI=1S/C30H28FN5O4/c1-4-40-29(38)20-8-12-22(13-9-20)32-27-28(37)34(3)18-25(33-27)24-6-5-7-26(19(24)2)36-17-16-35(30(36)39)23-14-10-21(31)11-15-23/h5-15,18H,4,16-17H2,1-3H3,(H,32,33). The lowest BCUT2D eigenvalue weighted by Crippen LogP contribution is -2.32. The molecule has 1 N–H and O–H groups in total. The van der Waals surface area contributed by atoms with Crippen LogP contribution in [0.1, 0.15) is 22.8 Å². The molecule has 0 spiro atoms. The number of nitrogens with zero attached hydrogens (tertiary/aromatic N) is 4. The fraction of sp³-hybridized carbons (Fsp3) is 0.200. The number of aromatic nitrogens is 2. The lowest BCUT2D eigenvalue weighted by atomic mass is 10.0. The van der Waals surface area contributed by atoms with Crippen LogP contribution in [0.2, 0.25) is 0 Å². The average molecular weight is 542 g/mol. The average Bonchev–Trinajstić information content (AvgIpc) is 3.33. The monoisotopic (exact) mass is 541 g/mol. The molecule has 2 heterocycles. The van der Waals surface area contributed by atoms with Gasteiger partial charge in [-0.1, -0.05) is 12.1 Å². The molecular formula is C30H28FN5O4. The minimum absolute atomic E-state index is 0.119. The number of nitrogens with one attached hydrogen (secondary N) is 1. The number of benzene rings is 3. The van der Waals surface area contributed by atoms with Crippen molar-refractivity contribution in [1.29, 1.82) is 0 Å². The summed E-state index contributed by atoms with van der Waals surface area (Å²) in [5.74, 6) is -0.658. The van der Waals surface area contributed by atoms with Gasteiger partial charge in [0.1, 0.15) is 5.82 Å². The first-order valence-electron chi connectivity index (χ1n) is 12.8. The lowest BCUT2D eigenvalue weighted by Gasteiger charge is -2.22. The molecule has 1 aliphatic rings. The van der Waals surface area contributed by atoms with Crippen LogP contribution in [0.4, 0.5) is 32.1 Å². The molecule has 2 amide bonds. The van der Waals surface area contributed by atoms with Gasteiger partial charge in [-0.15, -0.1) is 0 Å². The Morgan fingerprint density at radius 2 is 1.70 bits per heavy atom. The second-order valence-corrected chi connectivity index (χ2v) is 9.33. The minimum atomic E-state index is -0.419. The summed E-state index contributed by atoms with van der Waals surface area (Å²) in [5.41, 5.74) is 4.17. The number of amides is 2. The first kappa shape index (κ1) is 26.6. The third kappa shape index (κ3) is 5.15. The third-order valence-electron chi connectivity index (χ3n) is 6.75. The van der Waals surface area contributed by atoms with E-state index >= 15 is 0 Å². The normalized spacial score (nSPS) is 13.1. The Bertz CT molecular complexity index is 1630. The first-order chi connectivity index (χ1) is 19.3. The topological polar surface area (TPSA) is 96.8 Å². The molecule has 1 fully saturated rings. The Morgan fingerprint density at radius 3 is 2.40 bits per heavy atom. The number of hydrogen-bond acceptors (Lipinski definition) is 6. The maximum absolute atomic E-state index is 13.4. The Morgan fingerprint density at radius 1 is 1.00 bits per heavy atom. The summed E-state index contributed by atoms with van der Waals surface area (Å²) in [6.45, 7) is 4.87. The quantitative estimate of drug-likeness (QED) is 0.321. The second kappa shape index (κ2) is 11.0. The van der Waals surface area contributed by atoms with Crippen LogP contribution in [0.25, 0.3) is 11.3 Å². The number of urea groups is 1. The molecule has 204 valence electrons. The molecule has 4 aromatic rings. The SMILES string of the molecule is CCOC(=O)c1ccc(Nc2nc(-c3cccc(N4CCN(c5ccc(F)cc5)C4=O)c3C)cn(C)c2=O)cc1. The number of aryl methyl sites for hydroxylation is 1. The number of anilines is 4. The molecule has 40 heavy (non-hydrogen) atoms. The highest BCUT2D eigenvalue weighted by Gasteiger charge is 2.32. The molecule has 9 nitrogen and oxygen atoms in total. The van der Waals surface area contributed by atoms with Crippen molar-refractivity contribution in [3.8, 4) is 11.3 Å². The van der Waals surface area contributed by atoms with Crippen LogP contribution in [0, 0.1) is 12.7 Å². The van der Waals surface area contributed by atoms with Gasteiger partial charge < -0.3 is 14.6 Å². The minimum Gasteiger partial charge on any atom is -0.462 e. The summed E-state index contributed by atoms with van der Waals surface area (Å²) in [7, 11) is 1.65.